The van der Waals surface area contributed by atoms with Gasteiger partial charge in [-0.05, 0) is 43.2 Å². The zero-order chi connectivity index (χ0) is 15.1. The van der Waals surface area contributed by atoms with Crippen LogP contribution < -0.4 is 10.6 Å². The van der Waals surface area contributed by atoms with E-state index in [-0.39, 0.29) is 18.5 Å². The third-order valence-corrected chi connectivity index (χ3v) is 3.34. The van der Waals surface area contributed by atoms with Gasteiger partial charge in [-0.15, -0.1) is 0 Å². The maximum absolute atomic E-state index is 11.9. The summed E-state index contributed by atoms with van der Waals surface area (Å²) in [5.41, 5.74) is 2.10. The van der Waals surface area contributed by atoms with E-state index in [4.69, 9.17) is 11.6 Å². The number of hydrogen-bond donors (Lipinski definition) is 2. The van der Waals surface area contributed by atoms with E-state index in [0.29, 0.717) is 0 Å². The van der Waals surface area contributed by atoms with Crippen LogP contribution in [0.3, 0.4) is 0 Å². The number of benzene rings is 2. The topological polar surface area (TPSA) is 41.1 Å². The molecular formula is C17H19ClN2O. The van der Waals surface area contributed by atoms with Crippen LogP contribution in [0.5, 0.6) is 0 Å². The van der Waals surface area contributed by atoms with Crippen molar-refractivity contribution in [3.05, 3.63) is 65.2 Å². The fraction of sp³-hybridized carbons (Fsp3) is 0.235. The van der Waals surface area contributed by atoms with E-state index in [1.54, 1.807) is 0 Å². The van der Waals surface area contributed by atoms with E-state index in [9.17, 15) is 4.79 Å². The molecule has 0 aromatic heterocycles. The minimum Gasteiger partial charge on any atom is -0.376 e. The summed E-state index contributed by atoms with van der Waals surface area (Å²) in [4.78, 5) is 11.9. The second kappa shape index (κ2) is 7.70. The van der Waals surface area contributed by atoms with Crippen molar-refractivity contribution in [1.82, 2.24) is 5.32 Å². The fourth-order valence-corrected chi connectivity index (χ4v) is 2.22. The molecule has 2 rings (SSSR count). The van der Waals surface area contributed by atoms with Crippen LogP contribution in [0.2, 0.25) is 5.02 Å². The Kier molecular flexibility index (Phi) is 5.64. The first-order valence-electron chi connectivity index (χ1n) is 6.96. The molecule has 0 aliphatic heterocycles. The van der Waals surface area contributed by atoms with Gasteiger partial charge < -0.3 is 10.6 Å². The van der Waals surface area contributed by atoms with Crippen molar-refractivity contribution < 1.29 is 4.79 Å². The van der Waals surface area contributed by atoms with Crippen LogP contribution in [0.1, 0.15) is 12.5 Å². The van der Waals surface area contributed by atoms with Crippen LogP contribution in [0, 0.1) is 0 Å². The molecule has 3 nitrogen and oxygen atoms in total. The number of carbonyl (C=O) groups is 1. The fourth-order valence-electron chi connectivity index (χ4n) is 2.09. The molecule has 21 heavy (non-hydrogen) atoms. The highest BCUT2D eigenvalue weighted by Gasteiger charge is 2.08. The summed E-state index contributed by atoms with van der Waals surface area (Å²) in [5.74, 6) is -0.0136. The highest BCUT2D eigenvalue weighted by Crippen LogP contribution is 2.11. The summed E-state index contributed by atoms with van der Waals surface area (Å²) in [6.45, 7) is 2.27. The highest BCUT2D eigenvalue weighted by molar-refractivity contribution is 6.30. The Morgan fingerprint density at radius 2 is 1.76 bits per heavy atom. The normalized spacial score (nSPS) is 11.7. The summed E-state index contributed by atoms with van der Waals surface area (Å²) < 4.78 is 0. The second-order valence-electron chi connectivity index (χ2n) is 5.02. The van der Waals surface area contributed by atoms with Gasteiger partial charge in [0.05, 0.1) is 6.54 Å². The molecule has 2 N–H and O–H groups in total. The van der Waals surface area contributed by atoms with Gasteiger partial charge in [-0.1, -0.05) is 41.9 Å². The Balaban J connectivity index is 1.75. The molecule has 0 bridgehead atoms. The Hall–Kier alpha value is -2.00. The van der Waals surface area contributed by atoms with E-state index in [1.807, 2.05) is 61.5 Å². The highest BCUT2D eigenvalue weighted by atomic mass is 35.5. The molecule has 0 saturated carbocycles. The molecule has 0 fully saturated rings. The summed E-state index contributed by atoms with van der Waals surface area (Å²) in [6.07, 6.45) is 0.786. The Morgan fingerprint density at radius 1 is 1.10 bits per heavy atom. The maximum Gasteiger partial charge on any atom is 0.239 e. The molecule has 0 spiro atoms. The van der Waals surface area contributed by atoms with Gasteiger partial charge in [-0.3, -0.25) is 4.79 Å². The Bertz CT molecular complexity index is 569. The smallest absolute Gasteiger partial charge is 0.239 e. The SMILES string of the molecule is CC(Cc1ccc(Cl)cc1)NC(=O)CNc1ccccc1. The number of amides is 1. The predicted octanol–water partition coefficient (Wildman–Crippen LogP) is 3.50. The molecule has 0 aliphatic rings. The molecule has 0 heterocycles. The molecular weight excluding hydrogens is 284 g/mol. The van der Waals surface area contributed by atoms with Gasteiger partial charge in [0.2, 0.25) is 5.91 Å². The van der Waals surface area contributed by atoms with Crippen molar-refractivity contribution in [3.63, 3.8) is 0 Å². The lowest BCUT2D eigenvalue weighted by Gasteiger charge is -2.14. The van der Waals surface area contributed by atoms with Crippen LogP contribution in [-0.4, -0.2) is 18.5 Å². The minimum absolute atomic E-state index is 0.0136. The number of carbonyl (C=O) groups excluding carboxylic acids is 1. The van der Waals surface area contributed by atoms with Gasteiger partial charge in [-0.2, -0.15) is 0 Å². The summed E-state index contributed by atoms with van der Waals surface area (Å²) in [5, 5.41) is 6.79. The molecule has 1 unspecified atom stereocenters. The van der Waals surface area contributed by atoms with E-state index < -0.39 is 0 Å². The molecule has 2 aromatic rings. The quantitative estimate of drug-likeness (QED) is 0.857. The average molecular weight is 303 g/mol. The zero-order valence-electron chi connectivity index (χ0n) is 12.0. The molecule has 0 radical (unpaired) electrons. The zero-order valence-corrected chi connectivity index (χ0v) is 12.7. The summed E-state index contributed by atoms with van der Waals surface area (Å²) >= 11 is 5.85. The molecule has 110 valence electrons. The average Bonchev–Trinajstić information content (AvgIpc) is 2.48. The standard InChI is InChI=1S/C17H19ClN2O/c1-13(11-14-7-9-15(18)10-8-14)20-17(21)12-19-16-5-3-2-4-6-16/h2-10,13,19H,11-12H2,1H3,(H,20,21). The number of halogens is 1. The Morgan fingerprint density at radius 3 is 2.43 bits per heavy atom. The van der Waals surface area contributed by atoms with Crippen molar-refractivity contribution in [2.45, 2.75) is 19.4 Å². The van der Waals surface area contributed by atoms with Crippen molar-refractivity contribution in [1.29, 1.82) is 0 Å². The molecule has 1 amide bonds. The number of anilines is 1. The third-order valence-electron chi connectivity index (χ3n) is 3.09. The first-order valence-corrected chi connectivity index (χ1v) is 7.34. The number of rotatable bonds is 6. The number of hydrogen-bond acceptors (Lipinski definition) is 2. The molecule has 0 aliphatic carbocycles. The van der Waals surface area contributed by atoms with Gasteiger partial charge in [0.25, 0.3) is 0 Å². The summed E-state index contributed by atoms with van der Waals surface area (Å²) in [6, 6.07) is 17.4. The van der Waals surface area contributed by atoms with Crippen molar-refractivity contribution in [3.8, 4) is 0 Å². The lowest BCUT2D eigenvalue weighted by Crippen LogP contribution is -2.37. The van der Waals surface area contributed by atoms with E-state index >= 15 is 0 Å². The largest absolute Gasteiger partial charge is 0.376 e. The second-order valence-corrected chi connectivity index (χ2v) is 5.46. The van der Waals surface area contributed by atoms with Gasteiger partial charge in [-0.25, -0.2) is 0 Å². The van der Waals surface area contributed by atoms with Crippen LogP contribution >= 0.6 is 11.6 Å². The van der Waals surface area contributed by atoms with Crippen LogP contribution in [0.25, 0.3) is 0 Å². The van der Waals surface area contributed by atoms with Gasteiger partial charge in [0, 0.05) is 16.8 Å². The van der Waals surface area contributed by atoms with Crippen LogP contribution in [-0.2, 0) is 11.2 Å². The lowest BCUT2D eigenvalue weighted by atomic mass is 10.1. The van der Waals surface area contributed by atoms with Gasteiger partial charge in [0.1, 0.15) is 0 Å². The Labute approximate surface area is 130 Å². The number of nitrogens with one attached hydrogen (secondary N) is 2. The molecule has 4 heteroatoms. The van der Waals surface area contributed by atoms with Crippen LogP contribution in [0.4, 0.5) is 5.69 Å². The lowest BCUT2D eigenvalue weighted by molar-refractivity contribution is -0.119. The molecule has 0 saturated heterocycles. The maximum atomic E-state index is 11.9. The van der Waals surface area contributed by atoms with Gasteiger partial charge in [0.15, 0.2) is 0 Å². The summed E-state index contributed by atoms with van der Waals surface area (Å²) in [7, 11) is 0. The van der Waals surface area contributed by atoms with E-state index in [2.05, 4.69) is 10.6 Å². The van der Waals surface area contributed by atoms with Gasteiger partial charge >= 0.3 is 0 Å². The van der Waals surface area contributed by atoms with Crippen LogP contribution in [0.15, 0.2) is 54.6 Å². The number of para-hydroxylation sites is 1. The van der Waals surface area contributed by atoms with Crippen molar-refractivity contribution in [2.24, 2.45) is 0 Å². The van der Waals surface area contributed by atoms with E-state index in [0.717, 1.165) is 22.7 Å². The molecule has 1 atom stereocenters. The predicted molar refractivity (Wildman–Crippen MR) is 87.7 cm³/mol. The van der Waals surface area contributed by atoms with Crippen molar-refractivity contribution in [2.75, 3.05) is 11.9 Å². The van der Waals surface area contributed by atoms with Crippen molar-refractivity contribution >= 4 is 23.2 Å². The minimum atomic E-state index is -0.0136. The monoisotopic (exact) mass is 302 g/mol. The first kappa shape index (κ1) is 15.4. The van der Waals surface area contributed by atoms with E-state index in [1.165, 1.54) is 0 Å². The molecule has 2 aromatic carbocycles. The first-order chi connectivity index (χ1) is 10.1. The third kappa shape index (κ3) is 5.48.